The van der Waals surface area contributed by atoms with Gasteiger partial charge in [0.25, 0.3) is 0 Å². The van der Waals surface area contributed by atoms with Crippen molar-refractivity contribution in [1.29, 1.82) is 0 Å². The van der Waals surface area contributed by atoms with Crippen LogP contribution in [0.2, 0.25) is 0 Å². The van der Waals surface area contributed by atoms with Crippen LogP contribution in [0.15, 0.2) is 212 Å². The molecule has 7 aromatic rings. The van der Waals surface area contributed by atoms with E-state index in [-0.39, 0.29) is 45.6 Å². The highest BCUT2D eigenvalue weighted by Gasteiger charge is 2.55. The predicted octanol–water partition coefficient (Wildman–Crippen LogP) is 20.2. The van der Waals surface area contributed by atoms with Gasteiger partial charge in [-0.1, -0.05) is 233 Å². The molecule has 0 saturated carbocycles. The minimum atomic E-state index is -0.245. The highest BCUT2D eigenvalue weighted by molar-refractivity contribution is 5.88. The van der Waals surface area contributed by atoms with Gasteiger partial charge in [-0.05, 0) is 183 Å². The number of hydrogen-bond acceptors (Lipinski definition) is 14. The van der Waals surface area contributed by atoms with Crippen LogP contribution in [-0.4, -0.2) is 40.0 Å². The zero-order valence-electron chi connectivity index (χ0n) is 61.6. The molecule has 0 saturated heterocycles. The van der Waals surface area contributed by atoms with Gasteiger partial charge < -0.3 is 33.9 Å². The summed E-state index contributed by atoms with van der Waals surface area (Å²) in [5, 5.41) is 28.7. The second-order valence-electron chi connectivity index (χ2n) is 31.5. The minimum Gasteiger partial charge on any atom is -0.387 e. The largest absolute Gasteiger partial charge is 0.387 e. The number of fused-ring (bicyclic) bond motifs is 14. The van der Waals surface area contributed by atoms with Gasteiger partial charge >= 0.3 is 0 Å². The lowest BCUT2D eigenvalue weighted by Gasteiger charge is -2.46. The quantitative estimate of drug-likeness (QED) is 0.159. The van der Waals surface area contributed by atoms with E-state index in [1.165, 1.54) is 104 Å². The summed E-state index contributed by atoms with van der Waals surface area (Å²) in [7, 11) is 0. The van der Waals surface area contributed by atoms with E-state index in [2.05, 4.69) is 249 Å². The molecular formula is C88H101N7O7. The minimum absolute atomic E-state index is 0.110. The van der Waals surface area contributed by atoms with Gasteiger partial charge in [-0.2, -0.15) is 0 Å². The van der Waals surface area contributed by atoms with E-state index in [0.29, 0.717) is 17.8 Å². The molecule has 4 spiro atoms. The van der Waals surface area contributed by atoms with Crippen molar-refractivity contribution in [2.75, 3.05) is 0 Å². The van der Waals surface area contributed by atoms with Gasteiger partial charge in [-0.3, -0.25) is 0 Å². The first-order valence-corrected chi connectivity index (χ1v) is 37.3. The van der Waals surface area contributed by atoms with Crippen molar-refractivity contribution in [2.24, 2.45) is 59.3 Å². The normalized spacial score (nSPS) is 29.2. The average molecular weight is 1370 g/mol. The van der Waals surface area contributed by atoms with Crippen LogP contribution in [0.5, 0.6) is 0 Å². The van der Waals surface area contributed by atoms with Crippen LogP contribution in [0, 0.1) is 23.2 Å². The Bertz CT molecular complexity index is 4450. The molecule has 20 rings (SSSR count). The Morgan fingerprint density at radius 2 is 0.804 bits per heavy atom. The summed E-state index contributed by atoms with van der Waals surface area (Å²) in [5.41, 5.74) is 24.9. The summed E-state index contributed by atoms with van der Waals surface area (Å²) in [4.78, 5) is 39.4. The predicted molar refractivity (Wildman–Crippen MR) is 407 cm³/mol. The molecule has 530 valence electrons. The Balaban J connectivity index is 0.000000101. The third kappa shape index (κ3) is 13.6. The smallest absolute Gasteiger partial charge is 0.173 e. The van der Waals surface area contributed by atoms with Crippen molar-refractivity contribution < 1.29 is 33.9 Å². The van der Waals surface area contributed by atoms with E-state index in [0.717, 1.165) is 117 Å². The Morgan fingerprint density at radius 1 is 0.353 bits per heavy atom. The number of benzene rings is 7. The first-order valence-electron chi connectivity index (χ1n) is 37.3. The maximum Gasteiger partial charge on any atom is 0.173 e. The fraction of sp³-hybridized carbons (Fsp3) is 0.443. The van der Waals surface area contributed by atoms with Crippen LogP contribution >= 0.6 is 0 Å². The molecule has 5 unspecified atom stereocenters. The molecule has 0 fully saturated rings. The molecule has 7 heterocycles. The number of aryl methyl sites for hydroxylation is 5. The standard InChI is InChI=1S/C15H19NO.C14H17NO.C13H15NO.2C12H13NO.C11H11NO.C11H13NO/c1-11-10-15(17-16-11)13-7-5-4-6-12(13)8-9-14(15,2)3;1-10-7-8-12-5-3-4-6-13(12)14(10)9-11(2)15-16-14;1-10-9-13(15-14-10)8-4-6-11-5-2-3-7-12(11)13;1-9-8-12(14-13-9)7-6-10-4-2-3-5-11(10)12;1-8-10-7-6-9-4-2-3-5-11(9)12(10)14-13-8;1-7-10-6-8-4-2-3-5-9(8)11(10)13-12-7;1-9-8-11(2,13-12-9)10-6-4-3-5-7-10/h4-7H,8-10H2,1-3H3;3-6,10H,7-9H2,1-2H3;2-3,5,7H,4,6,8-9H2,1H3;2-5H,6-8H2,1H3;2-5,10,12H,6-7H2,1H3;2-5,10-11H,6H2,1H3;3-7H,8H2,1-2H3/t15-;10?,14-;13-;12-;;;11-/m1011..1/s1. The van der Waals surface area contributed by atoms with Crippen LogP contribution in [0.3, 0.4) is 0 Å². The van der Waals surface area contributed by atoms with Gasteiger partial charge in [0.1, 0.15) is 0 Å². The van der Waals surface area contributed by atoms with Crippen molar-refractivity contribution in [3.63, 3.8) is 0 Å². The molecule has 13 aliphatic rings. The van der Waals surface area contributed by atoms with Gasteiger partial charge in [0, 0.05) is 77.5 Å². The summed E-state index contributed by atoms with van der Waals surface area (Å²) in [6.07, 6.45) is 18.9. The van der Waals surface area contributed by atoms with Crippen LogP contribution in [-0.2, 0) is 100 Å². The number of rotatable bonds is 1. The molecule has 0 bridgehead atoms. The lowest BCUT2D eigenvalue weighted by Crippen LogP contribution is -2.46. The van der Waals surface area contributed by atoms with Crippen molar-refractivity contribution in [3.8, 4) is 0 Å². The molecule has 14 heteroatoms. The molecule has 10 atom stereocenters. The van der Waals surface area contributed by atoms with E-state index >= 15 is 0 Å². The van der Waals surface area contributed by atoms with Gasteiger partial charge in [0.2, 0.25) is 0 Å². The Kier molecular flexibility index (Phi) is 19.8. The van der Waals surface area contributed by atoms with E-state index in [1.54, 1.807) is 0 Å². The van der Waals surface area contributed by atoms with Crippen molar-refractivity contribution in [2.45, 2.75) is 226 Å². The first-order chi connectivity index (χ1) is 49.3. The van der Waals surface area contributed by atoms with E-state index in [1.807, 2.05) is 39.0 Å². The average Bonchev–Trinajstić information content (AvgIpc) is 1.33. The van der Waals surface area contributed by atoms with Crippen LogP contribution in [0.25, 0.3) is 0 Å². The maximum absolute atomic E-state index is 5.92. The van der Waals surface area contributed by atoms with Crippen molar-refractivity contribution in [3.05, 3.63) is 248 Å². The third-order valence-electron chi connectivity index (χ3n) is 23.8. The second-order valence-corrected chi connectivity index (χ2v) is 31.5. The summed E-state index contributed by atoms with van der Waals surface area (Å²) in [6, 6.07) is 61.7. The van der Waals surface area contributed by atoms with Crippen LogP contribution < -0.4 is 0 Å². The van der Waals surface area contributed by atoms with E-state index in [4.69, 9.17) is 33.9 Å². The highest BCUT2D eigenvalue weighted by Crippen LogP contribution is 2.56. The molecule has 102 heavy (non-hydrogen) atoms. The molecule has 7 aliphatic heterocycles. The van der Waals surface area contributed by atoms with Crippen molar-refractivity contribution in [1.82, 2.24) is 0 Å². The molecule has 0 aromatic heterocycles. The number of oxime groups is 7. The Hall–Kier alpha value is -9.17. The van der Waals surface area contributed by atoms with Crippen LogP contribution in [0.4, 0.5) is 0 Å². The second kappa shape index (κ2) is 28.9. The van der Waals surface area contributed by atoms with Gasteiger partial charge in [0.15, 0.2) is 40.2 Å². The fourth-order valence-electron chi connectivity index (χ4n) is 18.1. The van der Waals surface area contributed by atoms with Gasteiger partial charge in [0.05, 0.1) is 40.0 Å². The molecular weight excluding hydrogens is 1270 g/mol. The third-order valence-corrected chi connectivity index (χ3v) is 23.8. The SMILES string of the molecule is CC1=NOC2c3ccccc3CC12.CC1=NOC2c3ccccc3CCC12.CC1=NO[C@@](C)(c2ccccc2)C1.CC1=NO[C@]2(C1)c1ccccc1CCC2(C)C.CC1=NO[C@]2(C1)c1ccccc1CCC2C.CC1=NO[C@]2(CCCc3ccccc32)C1.CC1=NO[C@]2(CCc3ccccc32)C1. The lowest BCUT2D eigenvalue weighted by atomic mass is 9.61. The number of nitrogens with zero attached hydrogens (tertiary/aromatic N) is 7. The highest BCUT2D eigenvalue weighted by atomic mass is 16.7. The number of hydrogen-bond donors (Lipinski definition) is 0. The monoisotopic (exact) mass is 1370 g/mol. The van der Waals surface area contributed by atoms with E-state index < -0.39 is 0 Å². The van der Waals surface area contributed by atoms with Crippen LogP contribution in [0.1, 0.15) is 231 Å². The Morgan fingerprint density at radius 3 is 1.39 bits per heavy atom. The molecule has 6 aliphatic carbocycles. The topological polar surface area (TPSA) is 151 Å². The van der Waals surface area contributed by atoms with Gasteiger partial charge in [-0.15, -0.1) is 0 Å². The summed E-state index contributed by atoms with van der Waals surface area (Å²) in [5.74, 6) is 1.56. The fourth-order valence-corrected chi connectivity index (χ4v) is 18.1. The van der Waals surface area contributed by atoms with E-state index in [9.17, 15) is 0 Å². The summed E-state index contributed by atoms with van der Waals surface area (Å²) >= 11 is 0. The molecule has 0 N–H and O–H groups in total. The zero-order valence-corrected chi connectivity index (χ0v) is 61.6. The summed E-state index contributed by atoms with van der Waals surface area (Å²) < 4.78 is 0. The Labute approximate surface area is 603 Å². The maximum atomic E-state index is 5.92. The molecule has 14 nitrogen and oxygen atoms in total. The molecule has 0 radical (unpaired) electrons. The summed E-state index contributed by atoms with van der Waals surface area (Å²) in [6.45, 7) is 23.3. The van der Waals surface area contributed by atoms with Gasteiger partial charge in [-0.25, -0.2) is 0 Å². The zero-order chi connectivity index (χ0) is 70.9. The molecule has 0 amide bonds. The lowest BCUT2D eigenvalue weighted by molar-refractivity contribution is -0.119. The molecule has 7 aromatic carbocycles. The van der Waals surface area contributed by atoms with Crippen molar-refractivity contribution >= 4 is 40.0 Å². The first kappa shape index (κ1) is 69.9.